The van der Waals surface area contributed by atoms with Crippen molar-refractivity contribution in [1.29, 1.82) is 0 Å². The molecule has 0 bridgehead atoms. The molecule has 1 heterocycles. The molecule has 1 saturated carbocycles. The number of carbonyl (C=O) groups is 1. The molecule has 1 aliphatic heterocycles. The molecule has 1 aromatic rings. The zero-order valence-corrected chi connectivity index (χ0v) is 12.8. The van der Waals surface area contributed by atoms with E-state index < -0.39 is 6.10 Å². The molecule has 3 rings (SSSR count). The summed E-state index contributed by atoms with van der Waals surface area (Å²) >= 11 is 0. The number of carbonyl (C=O) groups excluding carboxylic acids is 1. The van der Waals surface area contributed by atoms with Gasteiger partial charge in [0, 0.05) is 0 Å². The molecule has 3 nitrogen and oxygen atoms in total. The zero-order valence-electron chi connectivity index (χ0n) is 12.8. The zero-order chi connectivity index (χ0) is 14.7. The van der Waals surface area contributed by atoms with Crippen LogP contribution in [0.3, 0.4) is 0 Å². The highest BCUT2D eigenvalue weighted by atomic mass is 16.6. The van der Waals surface area contributed by atoms with E-state index in [0.717, 1.165) is 18.6 Å². The Kier molecular flexibility index (Phi) is 4.47. The van der Waals surface area contributed by atoms with E-state index in [1.807, 2.05) is 13.0 Å². The molecule has 1 fully saturated rings. The molecule has 1 unspecified atom stereocenters. The van der Waals surface area contributed by atoms with E-state index in [2.05, 4.69) is 12.1 Å². The third kappa shape index (κ3) is 3.22. The van der Waals surface area contributed by atoms with Crippen LogP contribution in [0.1, 0.15) is 62.5 Å². The van der Waals surface area contributed by atoms with Crippen LogP contribution in [-0.4, -0.2) is 18.7 Å². The Bertz CT molecular complexity index is 503. The van der Waals surface area contributed by atoms with Gasteiger partial charge in [-0.25, -0.2) is 4.79 Å². The minimum Gasteiger partial charge on any atom is -0.478 e. The number of ether oxygens (including phenoxy) is 2. The van der Waals surface area contributed by atoms with Crippen molar-refractivity contribution < 1.29 is 14.3 Å². The number of hydrogen-bond donors (Lipinski definition) is 0. The molecule has 0 amide bonds. The SMILES string of the molecule is CCOC(=O)C1CCc2cc(C3CCCCC3)ccc2O1. The first-order chi connectivity index (χ1) is 10.3. The maximum absolute atomic E-state index is 11.8. The molecule has 0 spiro atoms. The second-order valence-corrected chi connectivity index (χ2v) is 6.10. The van der Waals surface area contributed by atoms with Crippen molar-refractivity contribution in [2.24, 2.45) is 0 Å². The molecular weight excluding hydrogens is 264 g/mol. The van der Waals surface area contributed by atoms with Crippen LogP contribution in [0.15, 0.2) is 18.2 Å². The largest absolute Gasteiger partial charge is 0.478 e. The summed E-state index contributed by atoms with van der Waals surface area (Å²) in [6.45, 7) is 2.23. The summed E-state index contributed by atoms with van der Waals surface area (Å²) in [5, 5.41) is 0. The maximum Gasteiger partial charge on any atom is 0.347 e. The molecule has 3 heteroatoms. The Labute approximate surface area is 126 Å². The molecule has 21 heavy (non-hydrogen) atoms. The Hall–Kier alpha value is -1.51. The van der Waals surface area contributed by atoms with Gasteiger partial charge in [-0.3, -0.25) is 0 Å². The lowest BCUT2D eigenvalue weighted by molar-refractivity contribution is -0.152. The van der Waals surface area contributed by atoms with Crippen molar-refractivity contribution in [2.75, 3.05) is 6.61 Å². The fraction of sp³-hybridized carbons (Fsp3) is 0.611. The molecule has 0 radical (unpaired) electrons. The van der Waals surface area contributed by atoms with E-state index in [-0.39, 0.29) is 5.97 Å². The van der Waals surface area contributed by atoms with Crippen molar-refractivity contribution in [1.82, 2.24) is 0 Å². The van der Waals surface area contributed by atoms with Gasteiger partial charge in [0.05, 0.1) is 6.61 Å². The highest BCUT2D eigenvalue weighted by Crippen LogP contribution is 2.36. The van der Waals surface area contributed by atoms with Gasteiger partial charge >= 0.3 is 5.97 Å². The van der Waals surface area contributed by atoms with Crippen LogP contribution in [0, 0.1) is 0 Å². The van der Waals surface area contributed by atoms with Gasteiger partial charge in [0.2, 0.25) is 0 Å². The second-order valence-electron chi connectivity index (χ2n) is 6.10. The quantitative estimate of drug-likeness (QED) is 0.789. The first-order valence-electron chi connectivity index (χ1n) is 8.24. The van der Waals surface area contributed by atoms with Crippen LogP contribution in [0.4, 0.5) is 0 Å². The van der Waals surface area contributed by atoms with Gasteiger partial charge in [0.1, 0.15) is 5.75 Å². The number of fused-ring (bicyclic) bond motifs is 1. The fourth-order valence-electron chi connectivity index (χ4n) is 3.50. The number of benzene rings is 1. The molecule has 0 N–H and O–H groups in total. The lowest BCUT2D eigenvalue weighted by Gasteiger charge is -2.27. The van der Waals surface area contributed by atoms with E-state index in [1.54, 1.807) is 0 Å². The number of rotatable bonds is 3. The Morgan fingerprint density at radius 3 is 2.81 bits per heavy atom. The van der Waals surface area contributed by atoms with Gasteiger partial charge in [-0.15, -0.1) is 0 Å². The predicted molar refractivity (Wildman–Crippen MR) is 81.6 cm³/mol. The summed E-state index contributed by atoms with van der Waals surface area (Å²) in [6, 6.07) is 6.53. The smallest absolute Gasteiger partial charge is 0.347 e. The fourth-order valence-corrected chi connectivity index (χ4v) is 3.50. The average molecular weight is 288 g/mol. The van der Waals surface area contributed by atoms with Crippen LogP contribution in [0.2, 0.25) is 0 Å². The van der Waals surface area contributed by atoms with Crippen LogP contribution in [0.5, 0.6) is 5.75 Å². The summed E-state index contributed by atoms with van der Waals surface area (Å²) in [6.07, 6.45) is 7.89. The number of aryl methyl sites for hydroxylation is 1. The summed E-state index contributed by atoms with van der Waals surface area (Å²) in [5.74, 6) is 1.34. The first kappa shape index (κ1) is 14.4. The minimum absolute atomic E-state index is 0.237. The number of esters is 1. The van der Waals surface area contributed by atoms with Gasteiger partial charge in [-0.1, -0.05) is 31.4 Å². The average Bonchev–Trinajstić information content (AvgIpc) is 2.55. The third-order valence-electron chi connectivity index (χ3n) is 4.66. The standard InChI is InChI=1S/C18H24O3/c1-2-20-18(19)17-11-9-15-12-14(8-10-16(15)21-17)13-6-4-3-5-7-13/h8,10,12-13,17H,2-7,9,11H2,1H3. The predicted octanol–water partition coefficient (Wildman–Crippen LogP) is 3.99. The summed E-state index contributed by atoms with van der Waals surface area (Å²) in [5.41, 5.74) is 2.70. The molecule has 1 atom stereocenters. The normalized spacial score (nSPS) is 22.2. The molecule has 0 saturated heterocycles. The van der Waals surface area contributed by atoms with Crippen LogP contribution in [0.25, 0.3) is 0 Å². The highest BCUT2D eigenvalue weighted by molar-refractivity contribution is 5.75. The van der Waals surface area contributed by atoms with Crippen molar-refractivity contribution in [2.45, 2.75) is 63.9 Å². The summed E-state index contributed by atoms with van der Waals surface area (Å²) < 4.78 is 10.9. The monoisotopic (exact) mass is 288 g/mol. The number of hydrogen-bond acceptors (Lipinski definition) is 3. The van der Waals surface area contributed by atoms with Crippen molar-refractivity contribution in [3.63, 3.8) is 0 Å². The van der Waals surface area contributed by atoms with Crippen molar-refractivity contribution in [3.05, 3.63) is 29.3 Å². The van der Waals surface area contributed by atoms with Gasteiger partial charge in [-0.05, 0) is 55.7 Å². The molecule has 0 aromatic heterocycles. The maximum atomic E-state index is 11.8. The van der Waals surface area contributed by atoms with Crippen molar-refractivity contribution >= 4 is 5.97 Å². The van der Waals surface area contributed by atoms with E-state index >= 15 is 0 Å². The lowest BCUT2D eigenvalue weighted by atomic mass is 9.83. The van der Waals surface area contributed by atoms with E-state index in [9.17, 15) is 4.79 Å². The molecular formula is C18H24O3. The van der Waals surface area contributed by atoms with Crippen LogP contribution in [-0.2, 0) is 16.0 Å². The Morgan fingerprint density at radius 1 is 1.24 bits per heavy atom. The van der Waals surface area contributed by atoms with Gasteiger partial charge < -0.3 is 9.47 Å². The summed E-state index contributed by atoms with van der Waals surface area (Å²) in [4.78, 5) is 11.8. The molecule has 114 valence electrons. The highest BCUT2D eigenvalue weighted by Gasteiger charge is 2.28. The van der Waals surface area contributed by atoms with Gasteiger partial charge in [-0.2, -0.15) is 0 Å². The minimum atomic E-state index is -0.432. The topological polar surface area (TPSA) is 35.5 Å². The van der Waals surface area contributed by atoms with E-state index in [0.29, 0.717) is 12.5 Å². The van der Waals surface area contributed by atoms with E-state index in [1.165, 1.54) is 43.2 Å². The second kappa shape index (κ2) is 6.50. The molecule has 1 aromatic carbocycles. The lowest BCUT2D eigenvalue weighted by Crippen LogP contribution is -2.32. The van der Waals surface area contributed by atoms with E-state index in [4.69, 9.17) is 9.47 Å². The molecule has 2 aliphatic rings. The van der Waals surface area contributed by atoms with Gasteiger partial charge in [0.15, 0.2) is 6.10 Å². The van der Waals surface area contributed by atoms with Crippen LogP contribution < -0.4 is 4.74 Å². The third-order valence-corrected chi connectivity index (χ3v) is 4.66. The Morgan fingerprint density at radius 2 is 2.05 bits per heavy atom. The molecule has 1 aliphatic carbocycles. The first-order valence-corrected chi connectivity index (χ1v) is 8.24. The van der Waals surface area contributed by atoms with Gasteiger partial charge in [0.25, 0.3) is 0 Å². The van der Waals surface area contributed by atoms with Crippen LogP contribution >= 0.6 is 0 Å². The van der Waals surface area contributed by atoms with Crippen molar-refractivity contribution in [3.8, 4) is 5.75 Å². The summed E-state index contributed by atoms with van der Waals surface area (Å²) in [7, 11) is 0. The Balaban J connectivity index is 1.71.